The lowest BCUT2D eigenvalue weighted by molar-refractivity contribution is -0.161. The van der Waals surface area contributed by atoms with Crippen LogP contribution in [0.25, 0.3) is 0 Å². The molecule has 0 aromatic rings. The third-order valence-electron chi connectivity index (χ3n) is 9.95. The zero-order chi connectivity index (χ0) is 41.9. The summed E-state index contributed by atoms with van der Waals surface area (Å²) in [5.41, 5.74) is 0. The van der Waals surface area contributed by atoms with Crippen LogP contribution in [0.4, 0.5) is 0 Å². The molecule has 0 aromatic heterocycles. The Morgan fingerprint density at radius 3 is 1.44 bits per heavy atom. The number of unbranched alkanes of at least 4 members (excludes halogenated alkanes) is 23. The Balaban J connectivity index is 4.27. The number of allylic oxidation sites excluding steroid dienone is 6. The minimum absolute atomic E-state index is 0.00234. The second-order valence-corrected chi connectivity index (χ2v) is 17.4. The number of hydrogen-bond acceptors (Lipinski definition) is 8. The molecule has 0 amide bonds. The van der Waals surface area contributed by atoms with E-state index in [1.807, 2.05) is 19.0 Å². The SMILES string of the molecule is CCCCC/C=C\C/C=C\C/C=C\CCCCC(=O)OCC(COP(=O)(O)OCCN(C)C)OC(=O)CCCCCCCCCCCCCCCCCCCCC. The molecule has 0 aromatic carbocycles. The van der Waals surface area contributed by atoms with Crippen molar-refractivity contribution in [1.82, 2.24) is 4.90 Å². The van der Waals surface area contributed by atoms with E-state index in [4.69, 9.17) is 18.5 Å². The zero-order valence-corrected chi connectivity index (χ0v) is 38.2. The molecule has 0 aliphatic heterocycles. The number of phosphoric acid groups is 1. The van der Waals surface area contributed by atoms with Gasteiger partial charge in [-0.2, -0.15) is 0 Å². The third kappa shape index (κ3) is 43.6. The molecule has 0 saturated heterocycles. The van der Waals surface area contributed by atoms with Crippen molar-refractivity contribution in [2.75, 3.05) is 40.5 Å². The lowest BCUT2D eigenvalue weighted by atomic mass is 10.0. The van der Waals surface area contributed by atoms with Crippen LogP contribution in [0.2, 0.25) is 0 Å². The number of hydrogen-bond donors (Lipinski definition) is 1. The Labute approximate surface area is 350 Å². The van der Waals surface area contributed by atoms with Crippen molar-refractivity contribution in [2.45, 2.75) is 213 Å². The molecule has 0 aliphatic carbocycles. The quantitative estimate of drug-likeness (QED) is 0.0278. The summed E-state index contributed by atoms with van der Waals surface area (Å²) in [6.07, 6.45) is 46.2. The molecule has 0 spiro atoms. The van der Waals surface area contributed by atoms with E-state index >= 15 is 0 Å². The fourth-order valence-electron chi connectivity index (χ4n) is 6.34. The highest BCUT2D eigenvalue weighted by Gasteiger charge is 2.26. The van der Waals surface area contributed by atoms with Gasteiger partial charge in [-0.3, -0.25) is 18.6 Å². The van der Waals surface area contributed by atoms with E-state index in [1.54, 1.807) is 0 Å². The predicted molar refractivity (Wildman–Crippen MR) is 238 cm³/mol. The minimum atomic E-state index is -4.37. The number of ether oxygens (including phenoxy) is 2. The van der Waals surface area contributed by atoms with Gasteiger partial charge in [0, 0.05) is 19.4 Å². The van der Waals surface area contributed by atoms with Gasteiger partial charge in [0.2, 0.25) is 0 Å². The van der Waals surface area contributed by atoms with Gasteiger partial charge in [0.05, 0.1) is 13.2 Å². The smallest absolute Gasteiger partial charge is 0.462 e. The van der Waals surface area contributed by atoms with Gasteiger partial charge in [-0.1, -0.05) is 179 Å². The minimum Gasteiger partial charge on any atom is -0.462 e. The fraction of sp³-hybridized carbons (Fsp3) is 0.830. The topological polar surface area (TPSA) is 112 Å². The lowest BCUT2D eigenvalue weighted by Crippen LogP contribution is -2.29. The van der Waals surface area contributed by atoms with E-state index in [1.165, 1.54) is 122 Å². The summed E-state index contributed by atoms with van der Waals surface area (Å²) in [7, 11) is -0.724. The third-order valence-corrected chi connectivity index (χ3v) is 10.9. The van der Waals surface area contributed by atoms with Gasteiger partial charge in [-0.15, -0.1) is 0 Å². The summed E-state index contributed by atoms with van der Waals surface area (Å²) in [6.45, 7) is 4.27. The number of carbonyl (C=O) groups excluding carboxylic acids is 2. The van der Waals surface area contributed by atoms with E-state index in [2.05, 4.69) is 50.3 Å². The van der Waals surface area contributed by atoms with Crippen molar-refractivity contribution < 1.29 is 37.6 Å². The highest BCUT2D eigenvalue weighted by Crippen LogP contribution is 2.43. The first-order valence-electron chi connectivity index (χ1n) is 23.3. The van der Waals surface area contributed by atoms with Crippen LogP contribution in [0.5, 0.6) is 0 Å². The van der Waals surface area contributed by atoms with Gasteiger partial charge in [0.1, 0.15) is 6.61 Å². The number of nitrogens with zero attached hydrogens (tertiary/aromatic N) is 1. The van der Waals surface area contributed by atoms with Crippen molar-refractivity contribution in [3.8, 4) is 0 Å². The Morgan fingerprint density at radius 1 is 0.544 bits per heavy atom. The van der Waals surface area contributed by atoms with E-state index in [0.717, 1.165) is 44.9 Å². The van der Waals surface area contributed by atoms with Crippen molar-refractivity contribution in [2.24, 2.45) is 0 Å². The Kier molecular flexibility index (Phi) is 41.0. The van der Waals surface area contributed by atoms with E-state index in [9.17, 15) is 19.0 Å². The van der Waals surface area contributed by atoms with Crippen molar-refractivity contribution >= 4 is 19.8 Å². The highest BCUT2D eigenvalue weighted by atomic mass is 31.2. The second kappa shape index (κ2) is 42.4. The lowest BCUT2D eigenvalue weighted by Gasteiger charge is -2.20. The highest BCUT2D eigenvalue weighted by molar-refractivity contribution is 7.47. The molecule has 10 heteroatoms. The molecule has 0 saturated carbocycles. The van der Waals surface area contributed by atoms with Crippen LogP contribution in [0.3, 0.4) is 0 Å². The second-order valence-electron chi connectivity index (χ2n) is 15.9. The summed E-state index contributed by atoms with van der Waals surface area (Å²) in [5, 5.41) is 0. The maximum absolute atomic E-state index is 12.7. The van der Waals surface area contributed by atoms with Crippen LogP contribution < -0.4 is 0 Å². The maximum atomic E-state index is 12.7. The molecule has 334 valence electrons. The van der Waals surface area contributed by atoms with E-state index in [0.29, 0.717) is 19.4 Å². The number of rotatable bonds is 43. The Hall–Kier alpha value is -1.77. The largest absolute Gasteiger partial charge is 0.472 e. The first-order valence-corrected chi connectivity index (χ1v) is 24.8. The standard InChI is InChI=1S/C47H88NO8P/c1-5-7-9-11-13-15-17-19-21-22-23-24-26-28-30-32-34-36-38-40-47(50)56-45(44-55-57(51,52)54-42-41-48(3)4)43-53-46(49)39-37-35-33-31-29-27-25-20-18-16-14-12-10-8-6-2/h14,16,20,25,29,31,45H,5-13,15,17-19,21-24,26-28,30,32-44H2,1-4H3,(H,51,52)/b16-14-,25-20-,31-29-. The van der Waals surface area contributed by atoms with Crippen LogP contribution in [0.1, 0.15) is 206 Å². The molecule has 57 heavy (non-hydrogen) atoms. The normalized spacial score (nSPS) is 13.6. The van der Waals surface area contributed by atoms with Crippen molar-refractivity contribution in [1.29, 1.82) is 0 Å². The zero-order valence-electron chi connectivity index (χ0n) is 37.3. The van der Waals surface area contributed by atoms with Crippen LogP contribution in [-0.2, 0) is 32.7 Å². The molecule has 0 bridgehead atoms. The molecule has 0 fully saturated rings. The summed E-state index contributed by atoms with van der Waals surface area (Å²) in [6, 6.07) is 0. The molecule has 9 nitrogen and oxygen atoms in total. The summed E-state index contributed by atoms with van der Waals surface area (Å²) < 4.78 is 33.5. The average Bonchev–Trinajstić information content (AvgIpc) is 3.18. The molecular formula is C47H88NO8P. The Morgan fingerprint density at radius 2 is 0.947 bits per heavy atom. The van der Waals surface area contributed by atoms with Gasteiger partial charge in [-0.05, 0) is 65.5 Å². The summed E-state index contributed by atoms with van der Waals surface area (Å²) in [5.74, 6) is -0.840. The maximum Gasteiger partial charge on any atom is 0.472 e. The van der Waals surface area contributed by atoms with Crippen LogP contribution in [0, 0.1) is 0 Å². The number of phosphoric ester groups is 1. The first-order chi connectivity index (χ1) is 27.7. The molecule has 0 aliphatic rings. The van der Waals surface area contributed by atoms with Crippen LogP contribution in [0.15, 0.2) is 36.5 Å². The summed E-state index contributed by atoms with van der Waals surface area (Å²) >= 11 is 0. The number of likely N-dealkylation sites (N-methyl/N-ethyl adjacent to an activating group) is 1. The number of esters is 2. The molecular weight excluding hydrogens is 737 g/mol. The van der Waals surface area contributed by atoms with Crippen LogP contribution >= 0.6 is 7.82 Å². The average molecular weight is 826 g/mol. The molecule has 1 N–H and O–H groups in total. The molecule has 2 unspecified atom stereocenters. The summed E-state index contributed by atoms with van der Waals surface area (Å²) in [4.78, 5) is 37.1. The van der Waals surface area contributed by atoms with Gasteiger partial charge in [-0.25, -0.2) is 4.57 Å². The fourth-order valence-corrected chi connectivity index (χ4v) is 7.08. The molecule has 0 rings (SSSR count). The molecule has 0 heterocycles. The van der Waals surface area contributed by atoms with E-state index in [-0.39, 0.29) is 26.1 Å². The first kappa shape index (κ1) is 55.2. The number of carbonyl (C=O) groups is 2. The van der Waals surface area contributed by atoms with Crippen molar-refractivity contribution in [3.63, 3.8) is 0 Å². The van der Waals surface area contributed by atoms with Crippen molar-refractivity contribution in [3.05, 3.63) is 36.5 Å². The predicted octanol–water partition coefficient (Wildman–Crippen LogP) is 13.5. The van der Waals surface area contributed by atoms with Gasteiger partial charge in [0.15, 0.2) is 6.10 Å². The molecule has 2 atom stereocenters. The van der Waals surface area contributed by atoms with Gasteiger partial charge < -0.3 is 19.3 Å². The Bertz CT molecular complexity index is 1050. The van der Waals surface area contributed by atoms with Gasteiger partial charge in [0.25, 0.3) is 0 Å². The van der Waals surface area contributed by atoms with E-state index < -0.39 is 32.5 Å². The van der Waals surface area contributed by atoms with Crippen LogP contribution in [-0.4, -0.2) is 68.3 Å². The molecule has 0 radical (unpaired) electrons. The van der Waals surface area contributed by atoms with Gasteiger partial charge >= 0.3 is 19.8 Å². The monoisotopic (exact) mass is 826 g/mol.